The van der Waals surface area contributed by atoms with Gasteiger partial charge in [0.25, 0.3) is 0 Å². The molecule has 0 unspecified atom stereocenters. The minimum absolute atomic E-state index is 0.0956. The van der Waals surface area contributed by atoms with Gasteiger partial charge in [-0.1, -0.05) is 31.4 Å². The molecule has 6 heteroatoms. The predicted molar refractivity (Wildman–Crippen MR) is 79.2 cm³/mol. The smallest absolute Gasteiger partial charge is 0.243 e. The zero-order valence-electron chi connectivity index (χ0n) is 11.5. The van der Waals surface area contributed by atoms with Crippen LogP contribution in [0.1, 0.15) is 38.2 Å². The number of hydrogen-bond acceptors (Lipinski definition) is 3. The maximum absolute atomic E-state index is 12.7. The van der Waals surface area contributed by atoms with Crippen molar-refractivity contribution in [1.82, 2.24) is 4.31 Å². The highest BCUT2D eigenvalue weighted by atomic mass is 35.5. The lowest BCUT2D eigenvalue weighted by Crippen LogP contribution is -2.38. The average Bonchev–Trinajstić information content (AvgIpc) is 2.93. The average molecular weight is 318 g/mol. The van der Waals surface area contributed by atoms with Crippen molar-refractivity contribution in [2.24, 2.45) is 0 Å². The van der Waals surface area contributed by atoms with Crippen LogP contribution in [0.4, 0.5) is 0 Å². The molecule has 112 valence electrons. The number of sulfonamides is 1. The second-order valence-corrected chi connectivity index (χ2v) is 7.36. The van der Waals surface area contributed by atoms with E-state index in [4.69, 9.17) is 11.6 Å². The molecule has 1 fully saturated rings. The largest absolute Gasteiger partial charge is 0.392 e. The molecule has 1 N–H and O–H groups in total. The molecule has 0 saturated heterocycles. The van der Waals surface area contributed by atoms with E-state index >= 15 is 0 Å². The van der Waals surface area contributed by atoms with E-state index in [0.717, 1.165) is 25.7 Å². The van der Waals surface area contributed by atoms with E-state index in [9.17, 15) is 13.5 Å². The molecule has 0 aliphatic heterocycles. The Morgan fingerprint density at radius 1 is 1.35 bits per heavy atom. The first-order valence-electron chi connectivity index (χ1n) is 6.91. The summed E-state index contributed by atoms with van der Waals surface area (Å²) in [5.74, 6) is 0. The van der Waals surface area contributed by atoms with Gasteiger partial charge in [-0.3, -0.25) is 0 Å². The van der Waals surface area contributed by atoms with Gasteiger partial charge in [0.05, 0.1) is 11.5 Å². The minimum atomic E-state index is -3.52. The molecule has 1 aliphatic rings. The lowest BCUT2D eigenvalue weighted by Gasteiger charge is -2.27. The molecular weight excluding hydrogens is 298 g/mol. The standard InChI is InChI=1S/C14H20ClNO3S/c1-2-16(12-5-3-4-6-12)20(18,19)13-7-8-14(15)11(9-13)10-17/h7-9,12,17H,2-6,10H2,1H3. The van der Waals surface area contributed by atoms with Gasteiger partial charge in [-0.05, 0) is 36.6 Å². The van der Waals surface area contributed by atoms with Crippen molar-refractivity contribution in [3.63, 3.8) is 0 Å². The van der Waals surface area contributed by atoms with Crippen molar-refractivity contribution in [2.75, 3.05) is 6.54 Å². The monoisotopic (exact) mass is 317 g/mol. The van der Waals surface area contributed by atoms with Crippen molar-refractivity contribution in [3.8, 4) is 0 Å². The first kappa shape index (κ1) is 15.8. The van der Waals surface area contributed by atoms with Crippen molar-refractivity contribution >= 4 is 21.6 Å². The van der Waals surface area contributed by atoms with E-state index in [1.54, 1.807) is 4.31 Å². The molecule has 2 rings (SSSR count). The quantitative estimate of drug-likeness (QED) is 0.908. The highest BCUT2D eigenvalue weighted by Gasteiger charge is 2.32. The summed E-state index contributed by atoms with van der Waals surface area (Å²) < 4.78 is 27.0. The van der Waals surface area contributed by atoms with E-state index in [2.05, 4.69) is 0 Å². The minimum Gasteiger partial charge on any atom is -0.392 e. The van der Waals surface area contributed by atoms with Gasteiger partial charge in [0, 0.05) is 17.6 Å². The SMILES string of the molecule is CCN(C1CCCC1)S(=O)(=O)c1ccc(Cl)c(CO)c1. The molecule has 0 amide bonds. The molecule has 0 bridgehead atoms. The van der Waals surface area contributed by atoms with Crippen LogP contribution >= 0.6 is 11.6 Å². The molecule has 20 heavy (non-hydrogen) atoms. The number of hydrogen-bond donors (Lipinski definition) is 1. The Morgan fingerprint density at radius 3 is 2.55 bits per heavy atom. The fourth-order valence-electron chi connectivity index (χ4n) is 2.78. The van der Waals surface area contributed by atoms with Gasteiger partial charge in [-0.2, -0.15) is 4.31 Å². The number of nitrogens with zero attached hydrogens (tertiary/aromatic N) is 1. The lowest BCUT2D eigenvalue weighted by molar-refractivity contribution is 0.281. The number of benzene rings is 1. The molecule has 4 nitrogen and oxygen atoms in total. The zero-order valence-corrected chi connectivity index (χ0v) is 13.1. The Balaban J connectivity index is 2.37. The van der Waals surface area contributed by atoms with Crippen molar-refractivity contribution in [3.05, 3.63) is 28.8 Å². The third-order valence-electron chi connectivity index (χ3n) is 3.84. The van der Waals surface area contributed by atoms with E-state index in [0.29, 0.717) is 17.1 Å². The normalized spacial score (nSPS) is 17.0. The first-order chi connectivity index (χ1) is 9.50. The molecule has 0 heterocycles. The van der Waals surface area contributed by atoms with Crippen LogP contribution < -0.4 is 0 Å². The Bertz CT molecular complexity index is 568. The third-order valence-corrected chi connectivity index (χ3v) is 6.23. The number of rotatable bonds is 5. The maximum Gasteiger partial charge on any atom is 0.243 e. The van der Waals surface area contributed by atoms with Crippen LogP contribution in [0.15, 0.2) is 23.1 Å². The number of halogens is 1. The zero-order chi connectivity index (χ0) is 14.8. The molecule has 0 aromatic heterocycles. The fourth-order valence-corrected chi connectivity index (χ4v) is 4.71. The fraction of sp³-hybridized carbons (Fsp3) is 0.571. The summed E-state index contributed by atoms with van der Waals surface area (Å²) in [6.07, 6.45) is 4.01. The van der Waals surface area contributed by atoms with Crippen molar-refractivity contribution in [2.45, 2.75) is 50.2 Å². The van der Waals surface area contributed by atoms with Crippen LogP contribution in [-0.4, -0.2) is 30.4 Å². The third kappa shape index (κ3) is 3.01. The lowest BCUT2D eigenvalue weighted by atomic mass is 10.2. The van der Waals surface area contributed by atoms with Crippen molar-refractivity contribution in [1.29, 1.82) is 0 Å². The molecule has 1 saturated carbocycles. The first-order valence-corrected chi connectivity index (χ1v) is 8.73. The molecule has 1 aliphatic carbocycles. The predicted octanol–water partition coefficient (Wildman–Crippen LogP) is 2.79. The molecule has 1 aromatic carbocycles. The topological polar surface area (TPSA) is 57.6 Å². The van der Waals surface area contributed by atoms with Crippen LogP contribution in [0.5, 0.6) is 0 Å². The Kier molecular flexibility index (Phi) is 5.07. The van der Waals surface area contributed by atoms with Crippen LogP contribution in [-0.2, 0) is 16.6 Å². The van der Waals surface area contributed by atoms with Gasteiger partial charge in [-0.25, -0.2) is 8.42 Å². The molecule has 1 aromatic rings. The summed E-state index contributed by atoms with van der Waals surface area (Å²) in [6, 6.07) is 4.60. The molecular formula is C14H20ClNO3S. The molecule has 0 spiro atoms. The Labute approximate surface area is 125 Å². The summed E-state index contributed by atoms with van der Waals surface area (Å²) in [6.45, 7) is 2.06. The summed E-state index contributed by atoms with van der Waals surface area (Å²) in [5, 5.41) is 9.61. The number of aliphatic hydroxyl groups excluding tert-OH is 1. The second kappa shape index (κ2) is 6.43. The Morgan fingerprint density at radius 2 is 2.00 bits per heavy atom. The van der Waals surface area contributed by atoms with Gasteiger partial charge < -0.3 is 5.11 Å². The highest BCUT2D eigenvalue weighted by Crippen LogP contribution is 2.29. The van der Waals surface area contributed by atoms with E-state index in [1.807, 2.05) is 6.92 Å². The van der Waals surface area contributed by atoms with Gasteiger partial charge in [0.1, 0.15) is 0 Å². The van der Waals surface area contributed by atoms with E-state index < -0.39 is 10.0 Å². The van der Waals surface area contributed by atoms with Crippen LogP contribution in [0.25, 0.3) is 0 Å². The summed E-state index contributed by atoms with van der Waals surface area (Å²) in [7, 11) is -3.52. The highest BCUT2D eigenvalue weighted by molar-refractivity contribution is 7.89. The van der Waals surface area contributed by atoms with E-state index in [-0.39, 0.29) is 17.5 Å². The Hall–Kier alpha value is -0.620. The second-order valence-electron chi connectivity index (χ2n) is 5.06. The maximum atomic E-state index is 12.7. The van der Waals surface area contributed by atoms with Gasteiger partial charge >= 0.3 is 0 Å². The van der Waals surface area contributed by atoms with Gasteiger partial charge in [-0.15, -0.1) is 0 Å². The summed E-state index contributed by atoms with van der Waals surface area (Å²) in [5.41, 5.74) is 0.440. The van der Waals surface area contributed by atoms with Gasteiger partial charge in [0.2, 0.25) is 10.0 Å². The summed E-state index contributed by atoms with van der Waals surface area (Å²) >= 11 is 5.92. The molecule has 0 radical (unpaired) electrons. The van der Waals surface area contributed by atoms with Crippen LogP contribution in [0.2, 0.25) is 5.02 Å². The van der Waals surface area contributed by atoms with Gasteiger partial charge in [0.15, 0.2) is 0 Å². The van der Waals surface area contributed by atoms with E-state index in [1.165, 1.54) is 18.2 Å². The van der Waals surface area contributed by atoms with Crippen LogP contribution in [0.3, 0.4) is 0 Å². The molecule has 0 atom stereocenters. The van der Waals surface area contributed by atoms with Crippen molar-refractivity contribution < 1.29 is 13.5 Å². The number of aliphatic hydroxyl groups is 1. The summed E-state index contributed by atoms with van der Waals surface area (Å²) in [4.78, 5) is 0.208. The van der Waals surface area contributed by atoms with Crippen LogP contribution in [0, 0.1) is 0 Å².